The first-order chi connectivity index (χ1) is 15.3. The molecule has 6 nitrogen and oxygen atoms in total. The third-order valence-electron chi connectivity index (χ3n) is 5.35. The van der Waals surface area contributed by atoms with E-state index in [0.717, 1.165) is 28.1 Å². The van der Waals surface area contributed by atoms with Gasteiger partial charge < -0.3 is 20.9 Å². The molecular weight excluding hydrogens is 400 g/mol. The minimum Gasteiger partial charge on any atom is -0.377 e. The lowest BCUT2D eigenvalue weighted by atomic mass is 10.1. The fourth-order valence-electron chi connectivity index (χ4n) is 3.57. The maximum Gasteiger partial charge on any atom is 0.323 e. The van der Waals surface area contributed by atoms with Gasteiger partial charge in [0.15, 0.2) is 0 Å². The van der Waals surface area contributed by atoms with Gasteiger partial charge in [0.2, 0.25) is 0 Å². The van der Waals surface area contributed by atoms with E-state index in [0.29, 0.717) is 11.3 Å². The second kappa shape index (κ2) is 10.0. The highest BCUT2D eigenvalue weighted by Gasteiger charge is 2.18. The molecule has 0 aliphatic rings. The zero-order valence-electron chi connectivity index (χ0n) is 19.2. The van der Waals surface area contributed by atoms with Crippen LogP contribution in [-0.2, 0) is 0 Å². The van der Waals surface area contributed by atoms with Crippen molar-refractivity contribution in [3.8, 4) is 0 Å². The van der Waals surface area contributed by atoms with E-state index in [-0.39, 0.29) is 18.0 Å². The second-order valence-corrected chi connectivity index (χ2v) is 8.08. The Labute approximate surface area is 189 Å². The number of carbonyl (C=O) groups excluding carboxylic acids is 2. The number of nitrogens with one attached hydrogen (secondary N) is 3. The van der Waals surface area contributed by atoms with Crippen LogP contribution in [0.4, 0.5) is 21.9 Å². The highest BCUT2D eigenvalue weighted by atomic mass is 16.2. The molecule has 0 spiro atoms. The van der Waals surface area contributed by atoms with Gasteiger partial charge in [-0.15, -0.1) is 0 Å². The predicted molar refractivity (Wildman–Crippen MR) is 132 cm³/mol. The minimum absolute atomic E-state index is 0.150. The largest absolute Gasteiger partial charge is 0.377 e. The molecule has 0 aliphatic heterocycles. The van der Waals surface area contributed by atoms with Crippen LogP contribution in [0.25, 0.3) is 0 Å². The summed E-state index contributed by atoms with van der Waals surface area (Å²) < 4.78 is 0. The highest BCUT2D eigenvalue weighted by molar-refractivity contribution is 6.04. The summed E-state index contributed by atoms with van der Waals surface area (Å²) in [5, 5.41) is 8.80. The lowest BCUT2D eigenvalue weighted by Crippen LogP contribution is -2.28. The maximum atomic E-state index is 13.1. The van der Waals surface area contributed by atoms with Crippen molar-refractivity contribution in [3.05, 3.63) is 89.0 Å². The normalized spacial score (nSPS) is 11.4. The summed E-state index contributed by atoms with van der Waals surface area (Å²) in [6.45, 7) is 5.85. The van der Waals surface area contributed by atoms with Crippen molar-refractivity contribution in [2.45, 2.75) is 26.8 Å². The number of amides is 3. The van der Waals surface area contributed by atoms with Crippen LogP contribution in [0.15, 0.2) is 66.7 Å². The van der Waals surface area contributed by atoms with E-state index in [1.165, 1.54) is 0 Å². The quantitative estimate of drug-likeness (QED) is 0.483. The molecule has 0 saturated carbocycles. The van der Waals surface area contributed by atoms with Crippen LogP contribution >= 0.6 is 0 Å². The number of carbonyl (C=O) groups is 2. The van der Waals surface area contributed by atoms with E-state index in [2.05, 4.69) is 16.0 Å². The number of para-hydroxylation sites is 1. The topological polar surface area (TPSA) is 73.5 Å². The molecule has 3 aromatic rings. The molecule has 0 aromatic heterocycles. The van der Waals surface area contributed by atoms with Crippen LogP contribution < -0.4 is 20.9 Å². The molecule has 0 radical (unpaired) electrons. The van der Waals surface area contributed by atoms with Crippen molar-refractivity contribution in [2.24, 2.45) is 0 Å². The monoisotopic (exact) mass is 430 g/mol. The number of hydrogen-bond donors (Lipinski definition) is 3. The lowest BCUT2D eigenvalue weighted by Gasteiger charge is -2.21. The zero-order valence-corrected chi connectivity index (χ0v) is 19.2. The van der Waals surface area contributed by atoms with Crippen molar-refractivity contribution >= 4 is 29.0 Å². The number of urea groups is 1. The molecule has 6 heteroatoms. The van der Waals surface area contributed by atoms with E-state index < -0.39 is 0 Å². The van der Waals surface area contributed by atoms with Gasteiger partial charge in [-0.25, -0.2) is 4.79 Å². The van der Waals surface area contributed by atoms with E-state index in [9.17, 15) is 9.59 Å². The highest BCUT2D eigenvalue weighted by Crippen LogP contribution is 2.25. The third-order valence-corrected chi connectivity index (χ3v) is 5.35. The van der Waals surface area contributed by atoms with Crippen LogP contribution in [0.3, 0.4) is 0 Å². The van der Waals surface area contributed by atoms with Crippen molar-refractivity contribution in [2.75, 3.05) is 29.6 Å². The minimum atomic E-state index is -0.357. The Morgan fingerprint density at radius 1 is 0.844 bits per heavy atom. The second-order valence-electron chi connectivity index (χ2n) is 8.08. The van der Waals surface area contributed by atoms with Gasteiger partial charge in [-0.3, -0.25) is 4.79 Å². The first kappa shape index (κ1) is 22.9. The lowest BCUT2D eigenvalue weighted by molar-refractivity contribution is 0.0940. The van der Waals surface area contributed by atoms with Gasteiger partial charge in [0.1, 0.15) is 0 Å². The van der Waals surface area contributed by atoms with Crippen LogP contribution in [0.2, 0.25) is 0 Å². The van der Waals surface area contributed by atoms with Crippen molar-refractivity contribution < 1.29 is 9.59 Å². The van der Waals surface area contributed by atoms with Crippen molar-refractivity contribution in [1.82, 2.24) is 5.32 Å². The molecular formula is C26H30N4O2. The Hall–Kier alpha value is -3.80. The Morgan fingerprint density at radius 2 is 1.50 bits per heavy atom. The molecule has 3 amide bonds. The Bertz CT molecular complexity index is 1090. The van der Waals surface area contributed by atoms with Crippen LogP contribution in [0.1, 0.15) is 40.0 Å². The van der Waals surface area contributed by atoms with Crippen molar-refractivity contribution in [3.63, 3.8) is 0 Å². The molecule has 166 valence electrons. The summed E-state index contributed by atoms with van der Waals surface area (Å²) in [6, 6.07) is 20.5. The Morgan fingerprint density at radius 3 is 2.12 bits per heavy atom. The molecule has 3 aromatic carbocycles. The average molecular weight is 431 g/mol. The maximum absolute atomic E-state index is 13.1. The molecule has 32 heavy (non-hydrogen) atoms. The number of nitrogens with zero attached hydrogens (tertiary/aromatic N) is 1. The summed E-state index contributed by atoms with van der Waals surface area (Å²) in [7, 11) is 3.76. The summed E-state index contributed by atoms with van der Waals surface area (Å²) in [5.74, 6) is -0.205. The van der Waals surface area contributed by atoms with Gasteiger partial charge in [-0.1, -0.05) is 48.5 Å². The third kappa shape index (κ3) is 5.46. The molecule has 0 bridgehead atoms. The number of aryl methyl sites for hydroxylation is 2. The number of hydrogen-bond acceptors (Lipinski definition) is 3. The van der Waals surface area contributed by atoms with E-state index in [1.807, 2.05) is 94.4 Å². The first-order valence-corrected chi connectivity index (χ1v) is 10.6. The van der Waals surface area contributed by atoms with Gasteiger partial charge in [0, 0.05) is 31.2 Å². The van der Waals surface area contributed by atoms with E-state index in [4.69, 9.17) is 0 Å². The fraction of sp³-hybridized carbons (Fsp3) is 0.231. The van der Waals surface area contributed by atoms with E-state index in [1.54, 1.807) is 12.1 Å². The number of rotatable bonds is 6. The predicted octanol–water partition coefficient (Wildman–Crippen LogP) is 5.50. The molecule has 3 rings (SSSR count). The van der Waals surface area contributed by atoms with Gasteiger partial charge in [-0.2, -0.15) is 0 Å². The Balaban J connectivity index is 1.79. The molecule has 0 aliphatic carbocycles. The molecule has 1 unspecified atom stereocenters. The smallest absolute Gasteiger partial charge is 0.323 e. The fourth-order valence-corrected chi connectivity index (χ4v) is 3.57. The summed E-state index contributed by atoms with van der Waals surface area (Å²) in [6.07, 6.45) is 0. The molecule has 3 N–H and O–H groups in total. The molecule has 0 fully saturated rings. The van der Waals surface area contributed by atoms with E-state index >= 15 is 0 Å². The van der Waals surface area contributed by atoms with Gasteiger partial charge in [0.05, 0.1) is 11.6 Å². The van der Waals surface area contributed by atoms with Crippen LogP contribution in [0, 0.1) is 13.8 Å². The zero-order chi connectivity index (χ0) is 23.3. The molecule has 0 heterocycles. The molecule has 0 saturated heterocycles. The Kier molecular flexibility index (Phi) is 7.15. The SMILES string of the molecule is Cc1cccc(C)c1NC(=O)Nc1ccc(N(C)C)c(C(=O)NC(C)c2ccccc2)c1. The number of benzene rings is 3. The average Bonchev–Trinajstić information content (AvgIpc) is 2.76. The number of anilines is 3. The van der Waals surface area contributed by atoms with Gasteiger partial charge in [0.25, 0.3) is 5.91 Å². The summed E-state index contributed by atoms with van der Waals surface area (Å²) in [4.78, 5) is 27.6. The summed E-state index contributed by atoms with van der Waals surface area (Å²) in [5.41, 5.74) is 5.57. The first-order valence-electron chi connectivity index (χ1n) is 10.6. The standard InChI is InChI=1S/C26H30N4O2/c1-17-10-9-11-18(2)24(17)29-26(32)28-21-14-15-23(30(4)5)22(16-21)25(31)27-19(3)20-12-7-6-8-13-20/h6-16,19H,1-5H3,(H,27,31)(H2,28,29,32). The van der Waals surface area contributed by atoms with Crippen molar-refractivity contribution in [1.29, 1.82) is 0 Å². The van der Waals surface area contributed by atoms with Gasteiger partial charge in [-0.05, 0) is 55.7 Å². The van der Waals surface area contributed by atoms with Crippen LogP contribution in [0.5, 0.6) is 0 Å². The van der Waals surface area contributed by atoms with Crippen LogP contribution in [-0.4, -0.2) is 26.0 Å². The summed E-state index contributed by atoms with van der Waals surface area (Å²) >= 11 is 0. The van der Waals surface area contributed by atoms with Gasteiger partial charge >= 0.3 is 6.03 Å². The molecule has 1 atom stereocenters.